The highest BCUT2D eigenvalue weighted by atomic mass is 15.0. The lowest BCUT2D eigenvalue weighted by Crippen LogP contribution is -1.98. The number of H-pyrrole nitrogens is 1. The minimum Gasteiger partial charge on any atom is -0.354 e. The molecule has 0 unspecified atom stereocenters. The number of nitrogens with zero attached hydrogens (tertiary/aromatic N) is 1. The first-order valence-electron chi connectivity index (χ1n) is 9.20. The lowest BCUT2D eigenvalue weighted by atomic mass is 10.1. The number of aromatic amines is 1. The second kappa shape index (κ2) is 5.12. The van der Waals surface area contributed by atoms with E-state index in [1.54, 1.807) is 0 Å². The van der Waals surface area contributed by atoms with Crippen LogP contribution in [0.25, 0.3) is 49.3 Å². The molecule has 0 bridgehead atoms. The highest BCUT2D eigenvalue weighted by molar-refractivity contribution is 6.25. The van der Waals surface area contributed by atoms with E-state index in [4.69, 9.17) is 0 Å². The van der Waals surface area contributed by atoms with Gasteiger partial charge in [-0.05, 0) is 37.1 Å². The Hall–Kier alpha value is -3.26. The molecule has 2 heteroatoms. The lowest BCUT2D eigenvalue weighted by Gasteiger charge is -2.13. The van der Waals surface area contributed by atoms with Crippen LogP contribution in [-0.4, -0.2) is 9.55 Å². The molecular weight excluding hydrogens is 316 g/mol. The Bertz CT molecular complexity index is 1380. The Balaban J connectivity index is 1.85. The predicted molar refractivity (Wildman–Crippen MR) is 111 cm³/mol. The van der Waals surface area contributed by atoms with Gasteiger partial charge in [0.1, 0.15) is 0 Å². The molecule has 0 spiro atoms. The average Bonchev–Trinajstić information content (AvgIpc) is 3.24. The van der Waals surface area contributed by atoms with E-state index in [-0.39, 0.29) is 0 Å². The molecule has 0 saturated carbocycles. The fourth-order valence-corrected chi connectivity index (χ4v) is 4.46. The van der Waals surface area contributed by atoms with Crippen LogP contribution in [0.3, 0.4) is 0 Å². The van der Waals surface area contributed by atoms with Gasteiger partial charge >= 0.3 is 0 Å². The molecule has 0 atom stereocenters. The molecule has 124 valence electrons. The molecule has 2 heterocycles. The molecule has 1 aliphatic rings. The zero-order chi connectivity index (χ0) is 17.1. The third-order valence-corrected chi connectivity index (χ3v) is 5.59. The van der Waals surface area contributed by atoms with Gasteiger partial charge in [-0.2, -0.15) is 0 Å². The molecule has 1 N–H and O–H groups in total. The minimum atomic E-state index is 1.08. The summed E-state index contributed by atoms with van der Waals surface area (Å²) in [5, 5.41) is 5.23. The highest BCUT2D eigenvalue weighted by Crippen LogP contribution is 2.39. The summed E-state index contributed by atoms with van der Waals surface area (Å²) >= 11 is 0. The average molecular weight is 334 g/mol. The Morgan fingerprint density at radius 2 is 1.62 bits per heavy atom. The molecule has 1 aliphatic carbocycles. The van der Waals surface area contributed by atoms with E-state index < -0.39 is 0 Å². The monoisotopic (exact) mass is 334 g/mol. The van der Waals surface area contributed by atoms with Crippen LogP contribution < -0.4 is 0 Å². The Morgan fingerprint density at radius 1 is 0.769 bits per heavy atom. The van der Waals surface area contributed by atoms with Gasteiger partial charge in [-0.1, -0.05) is 54.6 Å². The number of benzene rings is 3. The van der Waals surface area contributed by atoms with Crippen molar-refractivity contribution in [3.63, 3.8) is 0 Å². The molecule has 5 aromatic rings. The molecule has 0 saturated heterocycles. The van der Waals surface area contributed by atoms with E-state index in [0.29, 0.717) is 0 Å². The number of hydrogen-bond donors (Lipinski definition) is 1. The zero-order valence-electron chi connectivity index (χ0n) is 14.4. The molecule has 0 fully saturated rings. The molecule has 3 aromatic carbocycles. The summed E-state index contributed by atoms with van der Waals surface area (Å²) in [6, 6.07) is 21.9. The van der Waals surface area contributed by atoms with Gasteiger partial charge in [0, 0.05) is 32.8 Å². The van der Waals surface area contributed by atoms with Crippen LogP contribution in [0.4, 0.5) is 0 Å². The van der Waals surface area contributed by atoms with Crippen LogP contribution in [0.2, 0.25) is 0 Å². The first-order valence-corrected chi connectivity index (χ1v) is 9.20. The van der Waals surface area contributed by atoms with Crippen molar-refractivity contribution < 1.29 is 0 Å². The fourth-order valence-electron chi connectivity index (χ4n) is 4.46. The van der Waals surface area contributed by atoms with Crippen LogP contribution in [0, 0.1) is 0 Å². The maximum Gasteiger partial charge on any atom is 0.0566 e. The standard InChI is InChI=1S/C24H18N2/c1-2-8-16(9-3-1)26-21-13-7-5-11-19(21)23-22(26)15-14-18-17-10-4-6-12-20(17)25-24(18)23/h1-2,4-8,10-15,25H,3,9H2. The number of para-hydroxylation sites is 2. The Kier molecular flexibility index (Phi) is 2.75. The van der Waals surface area contributed by atoms with Gasteiger partial charge in [-0.3, -0.25) is 0 Å². The van der Waals surface area contributed by atoms with Crippen molar-refractivity contribution in [1.82, 2.24) is 9.55 Å². The third-order valence-electron chi connectivity index (χ3n) is 5.59. The van der Waals surface area contributed by atoms with Crippen molar-refractivity contribution in [3.05, 3.63) is 78.9 Å². The van der Waals surface area contributed by atoms with E-state index in [1.807, 2.05) is 0 Å². The Labute approximate surface area is 151 Å². The highest BCUT2D eigenvalue weighted by Gasteiger charge is 2.17. The second-order valence-electron chi connectivity index (χ2n) is 7.03. The summed E-state index contributed by atoms with van der Waals surface area (Å²) in [6.07, 6.45) is 8.86. The van der Waals surface area contributed by atoms with Crippen LogP contribution in [0.15, 0.2) is 78.9 Å². The quantitative estimate of drug-likeness (QED) is 0.355. The molecule has 0 amide bonds. The number of fused-ring (bicyclic) bond motifs is 7. The second-order valence-corrected chi connectivity index (χ2v) is 7.03. The van der Waals surface area contributed by atoms with E-state index >= 15 is 0 Å². The van der Waals surface area contributed by atoms with E-state index in [0.717, 1.165) is 12.8 Å². The number of rotatable bonds is 1. The largest absolute Gasteiger partial charge is 0.354 e. The van der Waals surface area contributed by atoms with Crippen LogP contribution in [0.1, 0.15) is 12.8 Å². The number of hydrogen-bond acceptors (Lipinski definition) is 0. The zero-order valence-corrected chi connectivity index (χ0v) is 14.4. The number of aromatic nitrogens is 2. The van der Waals surface area contributed by atoms with Crippen molar-refractivity contribution in [2.24, 2.45) is 0 Å². The molecular formula is C24H18N2. The molecule has 2 nitrogen and oxygen atoms in total. The van der Waals surface area contributed by atoms with Crippen molar-refractivity contribution in [3.8, 4) is 0 Å². The Morgan fingerprint density at radius 3 is 2.50 bits per heavy atom. The summed E-state index contributed by atoms with van der Waals surface area (Å²) in [7, 11) is 0. The van der Waals surface area contributed by atoms with Crippen LogP contribution >= 0.6 is 0 Å². The first-order chi connectivity index (χ1) is 12.9. The van der Waals surface area contributed by atoms with E-state index in [2.05, 4.69) is 88.4 Å². The van der Waals surface area contributed by atoms with Crippen molar-refractivity contribution in [2.45, 2.75) is 12.8 Å². The smallest absolute Gasteiger partial charge is 0.0566 e. The molecule has 0 aliphatic heterocycles. The van der Waals surface area contributed by atoms with E-state index in [1.165, 1.54) is 49.3 Å². The van der Waals surface area contributed by atoms with Crippen molar-refractivity contribution in [1.29, 1.82) is 0 Å². The lowest BCUT2D eigenvalue weighted by molar-refractivity contribution is 0.979. The molecule has 2 aromatic heterocycles. The summed E-state index contributed by atoms with van der Waals surface area (Å²) in [6.45, 7) is 0. The summed E-state index contributed by atoms with van der Waals surface area (Å²) in [5.74, 6) is 0. The van der Waals surface area contributed by atoms with Crippen LogP contribution in [-0.2, 0) is 0 Å². The number of allylic oxidation sites excluding steroid dienone is 4. The van der Waals surface area contributed by atoms with Crippen molar-refractivity contribution in [2.75, 3.05) is 0 Å². The normalized spacial score (nSPS) is 14.7. The van der Waals surface area contributed by atoms with Gasteiger partial charge < -0.3 is 9.55 Å². The minimum absolute atomic E-state index is 1.08. The summed E-state index contributed by atoms with van der Waals surface area (Å²) in [5.41, 5.74) is 6.38. The number of nitrogens with one attached hydrogen (secondary N) is 1. The maximum absolute atomic E-state index is 3.68. The molecule has 0 radical (unpaired) electrons. The van der Waals surface area contributed by atoms with Gasteiger partial charge in [0.2, 0.25) is 0 Å². The first kappa shape index (κ1) is 14.0. The van der Waals surface area contributed by atoms with Gasteiger partial charge in [0.25, 0.3) is 0 Å². The maximum atomic E-state index is 3.68. The fraction of sp³-hybridized carbons (Fsp3) is 0.0833. The van der Waals surface area contributed by atoms with Gasteiger partial charge in [-0.25, -0.2) is 0 Å². The van der Waals surface area contributed by atoms with E-state index in [9.17, 15) is 0 Å². The summed E-state index contributed by atoms with van der Waals surface area (Å²) < 4.78 is 2.44. The van der Waals surface area contributed by atoms with Gasteiger partial charge in [0.05, 0.1) is 16.6 Å². The third kappa shape index (κ3) is 1.76. The predicted octanol–water partition coefficient (Wildman–Crippen LogP) is 6.62. The van der Waals surface area contributed by atoms with Crippen LogP contribution in [0.5, 0.6) is 0 Å². The topological polar surface area (TPSA) is 20.7 Å². The van der Waals surface area contributed by atoms with Gasteiger partial charge in [0.15, 0.2) is 0 Å². The summed E-state index contributed by atoms with van der Waals surface area (Å²) in [4.78, 5) is 3.68. The molecule has 26 heavy (non-hydrogen) atoms. The van der Waals surface area contributed by atoms with Crippen molar-refractivity contribution >= 4 is 49.3 Å². The van der Waals surface area contributed by atoms with Gasteiger partial charge in [-0.15, -0.1) is 0 Å². The SMILES string of the molecule is C1=CCCC(n2c3ccccc3c3c4[nH]c5ccccc5c4ccc32)=C1. The molecule has 6 rings (SSSR count).